The van der Waals surface area contributed by atoms with Crippen LogP contribution in [0.4, 0.5) is 0 Å². The lowest BCUT2D eigenvalue weighted by atomic mass is 10.2. The maximum absolute atomic E-state index is 11.8. The summed E-state index contributed by atoms with van der Waals surface area (Å²) in [5, 5.41) is 0.767. The molecule has 1 aliphatic rings. The molecule has 104 valence electrons. The second kappa shape index (κ2) is 6.37. The van der Waals surface area contributed by atoms with Gasteiger partial charge in [-0.1, -0.05) is 23.7 Å². The Hall–Kier alpha value is -1.10. The Morgan fingerprint density at radius 2 is 2.05 bits per heavy atom. The van der Waals surface area contributed by atoms with Crippen LogP contribution in [0.25, 0.3) is 0 Å². The highest BCUT2D eigenvalue weighted by Crippen LogP contribution is 2.14. The predicted molar refractivity (Wildman–Crippen MR) is 77.0 cm³/mol. The van der Waals surface area contributed by atoms with Crippen LogP contribution in [0.15, 0.2) is 24.3 Å². The van der Waals surface area contributed by atoms with Crippen molar-refractivity contribution in [1.82, 2.24) is 9.80 Å². The highest BCUT2D eigenvalue weighted by molar-refractivity contribution is 6.30. The van der Waals surface area contributed by atoms with Gasteiger partial charge in [0.05, 0.1) is 6.04 Å². The summed E-state index contributed by atoms with van der Waals surface area (Å²) >= 11 is 5.98. The van der Waals surface area contributed by atoms with Gasteiger partial charge in [0.2, 0.25) is 5.91 Å². The topological polar surface area (TPSA) is 49.6 Å². The van der Waals surface area contributed by atoms with Crippen molar-refractivity contribution >= 4 is 17.5 Å². The highest BCUT2D eigenvalue weighted by Gasteiger charge is 2.22. The molecule has 0 spiro atoms. The molecular formula is C14H20ClN3O. The molecule has 0 aliphatic carbocycles. The Morgan fingerprint density at radius 1 is 1.37 bits per heavy atom. The first-order chi connectivity index (χ1) is 9.06. The van der Waals surface area contributed by atoms with Gasteiger partial charge in [-0.05, 0) is 24.6 Å². The molecule has 1 aromatic rings. The van der Waals surface area contributed by atoms with E-state index in [0.29, 0.717) is 0 Å². The summed E-state index contributed by atoms with van der Waals surface area (Å²) in [7, 11) is 0. The first-order valence-corrected chi connectivity index (χ1v) is 6.95. The summed E-state index contributed by atoms with van der Waals surface area (Å²) < 4.78 is 0. The van der Waals surface area contributed by atoms with Gasteiger partial charge in [-0.2, -0.15) is 0 Å². The van der Waals surface area contributed by atoms with Gasteiger partial charge in [0.15, 0.2) is 0 Å². The van der Waals surface area contributed by atoms with Crippen LogP contribution < -0.4 is 5.73 Å². The van der Waals surface area contributed by atoms with E-state index in [1.807, 2.05) is 23.1 Å². The zero-order valence-electron chi connectivity index (χ0n) is 11.2. The van der Waals surface area contributed by atoms with Gasteiger partial charge >= 0.3 is 0 Å². The molecule has 2 rings (SSSR count). The van der Waals surface area contributed by atoms with Crippen LogP contribution >= 0.6 is 11.6 Å². The minimum Gasteiger partial charge on any atom is -0.339 e. The van der Waals surface area contributed by atoms with Crippen molar-refractivity contribution in [2.45, 2.75) is 19.5 Å². The molecule has 1 atom stereocenters. The van der Waals surface area contributed by atoms with E-state index in [4.69, 9.17) is 17.3 Å². The van der Waals surface area contributed by atoms with E-state index in [9.17, 15) is 4.79 Å². The molecule has 1 saturated heterocycles. The SMILES string of the molecule is CC(N)C(=O)N1CCN(Cc2cccc(Cl)c2)CC1. The molecule has 1 heterocycles. The van der Waals surface area contributed by atoms with Gasteiger partial charge in [0.1, 0.15) is 0 Å². The smallest absolute Gasteiger partial charge is 0.239 e. The summed E-state index contributed by atoms with van der Waals surface area (Å²) in [6.45, 7) is 5.87. The lowest BCUT2D eigenvalue weighted by Gasteiger charge is -2.35. The number of hydrogen-bond donors (Lipinski definition) is 1. The van der Waals surface area contributed by atoms with E-state index in [1.54, 1.807) is 6.92 Å². The Kier molecular flexibility index (Phi) is 4.80. The van der Waals surface area contributed by atoms with Crippen molar-refractivity contribution in [3.8, 4) is 0 Å². The standard InChI is InChI=1S/C14H20ClN3O/c1-11(16)14(19)18-7-5-17(6-8-18)10-12-3-2-4-13(15)9-12/h2-4,9,11H,5-8,10,16H2,1H3. The Bertz CT molecular complexity index is 442. The molecular weight excluding hydrogens is 262 g/mol. The van der Waals surface area contributed by atoms with Gasteiger partial charge < -0.3 is 10.6 Å². The molecule has 5 heteroatoms. The number of nitrogens with two attached hydrogens (primary N) is 1. The number of benzene rings is 1. The number of halogens is 1. The Balaban J connectivity index is 1.85. The molecule has 0 radical (unpaired) electrons. The quantitative estimate of drug-likeness (QED) is 0.909. The van der Waals surface area contributed by atoms with Gasteiger partial charge in [-0.3, -0.25) is 9.69 Å². The number of piperazine rings is 1. The summed E-state index contributed by atoms with van der Waals surface area (Å²) in [5.41, 5.74) is 6.83. The van der Waals surface area contributed by atoms with Gasteiger partial charge in [0, 0.05) is 37.7 Å². The largest absolute Gasteiger partial charge is 0.339 e. The van der Waals surface area contributed by atoms with Crippen molar-refractivity contribution in [2.24, 2.45) is 5.73 Å². The van der Waals surface area contributed by atoms with Crippen LogP contribution in [-0.2, 0) is 11.3 Å². The maximum Gasteiger partial charge on any atom is 0.239 e. The monoisotopic (exact) mass is 281 g/mol. The predicted octanol–water partition coefficient (Wildman–Crippen LogP) is 1.33. The molecule has 1 aromatic carbocycles. The molecule has 4 nitrogen and oxygen atoms in total. The fraction of sp³-hybridized carbons (Fsp3) is 0.500. The maximum atomic E-state index is 11.8. The van der Waals surface area contributed by atoms with Crippen LogP contribution in [0.2, 0.25) is 5.02 Å². The zero-order valence-corrected chi connectivity index (χ0v) is 11.9. The summed E-state index contributed by atoms with van der Waals surface area (Å²) in [6, 6.07) is 7.50. The minimum absolute atomic E-state index is 0.0439. The molecule has 1 amide bonds. The number of carbonyl (C=O) groups is 1. The van der Waals surface area contributed by atoms with Crippen molar-refractivity contribution in [1.29, 1.82) is 0 Å². The van der Waals surface area contributed by atoms with Gasteiger partial charge in [-0.15, -0.1) is 0 Å². The van der Waals surface area contributed by atoms with E-state index < -0.39 is 6.04 Å². The van der Waals surface area contributed by atoms with Crippen LogP contribution in [0, 0.1) is 0 Å². The van der Waals surface area contributed by atoms with Crippen LogP contribution in [0.3, 0.4) is 0 Å². The molecule has 1 aliphatic heterocycles. The van der Waals surface area contributed by atoms with Gasteiger partial charge in [-0.25, -0.2) is 0 Å². The fourth-order valence-electron chi connectivity index (χ4n) is 2.31. The minimum atomic E-state index is -0.403. The number of carbonyl (C=O) groups excluding carboxylic acids is 1. The normalized spacial score (nSPS) is 18.4. The van der Waals surface area contributed by atoms with E-state index >= 15 is 0 Å². The summed E-state index contributed by atoms with van der Waals surface area (Å²) in [6.07, 6.45) is 0. The average molecular weight is 282 g/mol. The van der Waals surface area contributed by atoms with Crippen molar-refractivity contribution < 1.29 is 4.79 Å². The van der Waals surface area contributed by atoms with E-state index in [-0.39, 0.29) is 5.91 Å². The molecule has 1 fully saturated rings. The third-order valence-corrected chi connectivity index (χ3v) is 3.60. The Labute approximate surface area is 119 Å². The van der Waals surface area contributed by atoms with E-state index in [0.717, 1.165) is 37.7 Å². The van der Waals surface area contributed by atoms with Crippen molar-refractivity contribution in [3.63, 3.8) is 0 Å². The number of hydrogen-bond acceptors (Lipinski definition) is 3. The molecule has 2 N–H and O–H groups in total. The third kappa shape index (κ3) is 3.93. The number of amides is 1. The summed E-state index contributed by atoms with van der Waals surface area (Å²) in [4.78, 5) is 15.9. The number of rotatable bonds is 3. The van der Waals surface area contributed by atoms with Crippen LogP contribution in [0.1, 0.15) is 12.5 Å². The van der Waals surface area contributed by atoms with E-state index in [1.165, 1.54) is 5.56 Å². The lowest BCUT2D eigenvalue weighted by Crippen LogP contribution is -2.52. The van der Waals surface area contributed by atoms with E-state index in [2.05, 4.69) is 11.0 Å². The number of nitrogens with zero attached hydrogens (tertiary/aromatic N) is 2. The van der Waals surface area contributed by atoms with Crippen molar-refractivity contribution in [2.75, 3.05) is 26.2 Å². The Morgan fingerprint density at radius 3 is 2.63 bits per heavy atom. The molecule has 0 bridgehead atoms. The first-order valence-electron chi connectivity index (χ1n) is 6.57. The summed E-state index contributed by atoms with van der Waals surface area (Å²) in [5.74, 6) is 0.0439. The average Bonchev–Trinajstić information content (AvgIpc) is 2.39. The van der Waals surface area contributed by atoms with Gasteiger partial charge in [0.25, 0.3) is 0 Å². The second-order valence-corrected chi connectivity index (χ2v) is 5.46. The van der Waals surface area contributed by atoms with Crippen molar-refractivity contribution in [3.05, 3.63) is 34.9 Å². The molecule has 19 heavy (non-hydrogen) atoms. The van der Waals surface area contributed by atoms with Crippen LogP contribution in [0.5, 0.6) is 0 Å². The third-order valence-electron chi connectivity index (χ3n) is 3.37. The zero-order chi connectivity index (χ0) is 13.8. The highest BCUT2D eigenvalue weighted by atomic mass is 35.5. The van der Waals surface area contributed by atoms with Crippen LogP contribution in [-0.4, -0.2) is 47.9 Å². The molecule has 0 aromatic heterocycles. The molecule has 0 saturated carbocycles. The second-order valence-electron chi connectivity index (χ2n) is 5.02. The first kappa shape index (κ1) is 14.3. The molecule has 1 unspecified atom stereocenters. The lowest BCUT2D eigenvalue weighted by molar-refractivity contribution is -0.134. The fourth-order valence-corrected chi connectivity index (χ4v) is 2.52.